The Hall–Kier alpha value is -3.22. The maximum absolute atomic E-state index is 12.5. The van der Waals surface area contributed by atoms with E-state index in [-0.39, 0.29) is 18.1 Å². The fourth-order valence-electron chi connectivity index (χ4n) is 3.92. The highest BCUT2D eigenvalue weighted by Crippen LogP contribution is 2.29. The monoisotopic (exact) mass is 470 g/mol. The summed E-state index contributed by atoms with van der Waals surface area (Å²) >= 11 is 1.43. The van der Waals surface area contributed by atoms with Gasteiger partial charge in [0.1, 0.15) is 17.4 Å². The largest absolute Gasteiger partial charge is 0.488 e. The van der Waals surface area contributed by atoms with Gasteiger partial charge in [-0.3, -0.25) is 5.32 Å². The van der Waals surface area contributed by atoms with Gasteiger partial charge in [0.05, 0.1) is 18.6 Å². The molecule has 1 atom stereocenters. The highest BCUT2D eigenvalue weighted by Gasteiger charge is 2.29. The van der Waals surface area contributed by atoms with E-state index in [1.807, 2.05) is 32.0 Å². The minimum absolute atomic E-state index is 0.0323. The molecule has 0 spiro atoms. The van der Waals surface area contributed by atoms with Crippen molar-refractivity contribution in [2.45, 2.75) is 26.0 Å². The number of amides is 1. The van der Waals surface area contributed by atoms with Crippen LogP contribution in [-0.2, 0) is 4.84 Å². The molecule has 0 bridgehead atoms. The number of fused-ring (bicyclic) bond motifs is 1. The van der Waals surface area contributed by atoms with E-state index in [1.165, 1.54) is 11.3 Å². The minimum Gasteiger partial charge on any atom is -0.488 e. The zero-order valence-corrected chi connectivity index (χ0v) is 19.3. The number of aromatic nitrogens is 3. The molecule has 2 saturated heterocycles. The number of rotatable bonds is 5. The number of aryl methyl sites for hydroxylation is 1. The van der Waals surface area contributed by atoms with E-state index in [1.54, 1.807) is 10.6 Å². The summed E-state index contributed by atoms with van der Waals surface area (Å²) < 4.78 is 5.86. The molecule has 174 valence electrons. The number of nitrogens with two attached hydrogens (primary N) is 1. The smallest absolute Gasteiger partial charge is 0.430 e. The number of hydrogen-bond donors (Lipinski definition) is 3. The van der Waals surface area contributed by atoms with Gasteiger partial charge < -0.3 is 25.5 Å². The third-order valence-corrected chi connectivity index (χ3v) is 6.47. The Morgan fingerprint density at radius 2 is 2.15 bits per heavy atom. The molecule has 2 fully saturated rings. The summed E-state index contributed by atoms with van der Waals surface area (Å²) in [5, 5.41) is 7.66. The summed E-state index contributed by atoms with van der Waals surface area (Å²) in [6, 6.07) is 5.64. The topological polar surface area (TPSA) is 131 Å². The fraction of sp³-hybridized carbons (Fsp3) is 0.429. The zero-order valence-electron chi connectivity index (χ0n) is 18.4. The molecule has 1 amide bonds. The van der Waals surface area contributed by atoms with Crippen molar-refractivity contribution in [2.75, 3.05) is 48.7 Å². The Morgan fingerprint density at radius 3 is 2.88 bits per heavy atom. The molecule has 11 nitrogen and oxygen atoms in total. The van der Waals surface area contributed by atoms with Crippen LogP contribution >= 0.6 is 11.3 Å². The Labute approximate surface area is 194 Å². The summed E-state index contributed by atoms with van der Waals surface area (Å²) in [5.74, 6) is 1.73. The van der Waals surface area contributed by atoms with Crippen molar-refractivity contribution in [2.24, 2.45) is 0 Å². The lowest BCUT2D eigenvalue weighted by Gasteiger charge is -2.39. The van der Waals surface area contributed by atoms with Gasteiger partial charge in [0, 0.05) is 31.4 Å². The van der Waals surface area contributed by atoms with Crippen LogP contribution in [0.2, 0.25) is 0 Å². The molecule has 0 unspecified atom stereocenters. The number of thiazole rings is 1. The van der Waals surface area contributed by atoms with Crippen LogP contribution in [0.1, 0.15) is 12.5 Å². The van der Waals surface area contributed by atoms with Gasteiger partial charge in [-0.1, -0.05) is 0 Å². The van der Waals surface area contributed by atoms with Crippen LogP contribution in [0.3, 0.4) is 0 Å². The average molecular weight is 471 g/mol. The second-order valence-electron chi connectivity index (χ2n) is 8.22. The first-order valence-electron chi connectivity index (χ1n) is 10.8. The van der Waals surface area contributed by atoms with Gasteiger partial charge in [0.25, 0.3) is 0 Å². The lowest BCUT2D eigenvalue weighted by molar-refractivity contribution is -0.103. The highest BCUT2D eigenvalue weighted by molar-refractivity contribution is 7.16. The molecule has 2 aromatic heterocycles. The number of hydrogen-bond acceptors (Lipinski definition) is 11. The summed E-state index contributed by atoms with van der Waals surface area (Å²) in [6.45, 7) is 7.34. The van der Waals surface area contributed by atoms with Crippen molar-refractivity contribution in [3.8, 4) is 5.75 Å². The quantitative estimate of drug-likeness (QED) is 0.509. The Morgan fingerprint density at radius 1 is 1.30 bits per heavy atom. The molecule has 1 aromatic carbocycles. The average Bonchev–Trinajstić information content (AvgIpc) is 3.20. The first kappa shape index (κ1) is 21.6. The van der Waals surface area contributed by atoms with Crippen LogP contribution in [0.25, 0.3) is 10.3 Å². The van der Waals surface area contributed by atoms with Gasteiger partial charge in [-0.2, -0.15) is 4.98 Å². The highest BCUT2D eigenvalue weighted by atomic mass is 32.1. The number of hydroxylamine groups is 2. The Kier molecular flexibility index (Phi) is 5.87. The molecule has 4 heterocycles. The number of ether oxygens (including phenoxy) is 1. The maximum Gasteiger partial charge on any atom is 0.430 e. The van der Waals surface area contributed by atoms with E-state index in [4.69, 9.17) is 15.3 Å². The molecule has 12 heteroatoms. The summed E-state index contributed by atoms with van der Waals surface area (Å²) in [6.07, 6.45) is -0.317. The molecule has 5 rings (SSSR count). The van der Waals surface area contributed by atoms with Crippen molar-refractivity contribution in [3.05, 3.63) is 29.3 Å². The van der Waals surface area contributed by atoms with E-state index in [9.17, 15) is 4.79 Å². The van der Waals surface area contributed by atoms with Crippen LogP contribution in [0.4, 0.5) is 22.2 Å². The first-order chi connectivity index (χ1) is 16.0. The molecule has 0 radical (unpaired) electrons. The van der Waals surface area contributed by atoms with E-state index in [0.717, 1.165) is 34.7 Å². The Bertz CT molecular complexity index is 1170. The lowest BCUT2D eigenvalue weighted by Crippen LogP contribution is -2.53. The number of nitrogens with zero attached hydrogens (tertiary/aromatic N) is 5. The van der Waals surface area contributed by atoms with E-state index >= 15 is 0 Å². The van der Waals surface area contributed by atoms with Crippen molar-refractivity contribution in [3.63, 3.8) is 0 Å². The molecule has 3 aromatic rings. The van der Waals surface area contributed by atoms with Crippen LogP contribution in [0.5, 0.6) is 5.75 Å². The van der Waals surface area contributed by atoms with Crippen molar-refractivity contribution in [1.29, 1.82) is 0 Å². The maximum atomic E-state index is 12.5. The molecule has 4 N–H and O–H groups in total. The van der Waals surface area contributed by atoms with Crippen molar-refractivity contribution in [1.82, 2.24) is 25.3 Å². The fourth-order valence-corrected chi connectivity index (χ4v) is 4.58. The van der Waals surface area contributed by atoms with Gasteiger partial charge in [0.2, 0.25) is 5.95 Å². The number of nitrogen functional groups attached to an aromatic ring is 1. The predicted octanol–water partition coefficient (Wildman–Crippen LogP) is 2.00. The lowest BCUT2D eigenvalue weighted by atomic mass is 10.2. The molecule has 0 saturated carbocycles. The van der Waals surface area contributed by atoms with E-state index in [0.29, 0.717) is 31.1 Å². The zero-order chi connectivity index (χ0) is 22.9. The van der Waals surface area contributed by atoms with Gasteiger partial charge in [0.15, 0.2) is 10.6 Å². The predicted molar refractivity (Wildman–Crippen MR) is 127 cm³/mol. The standard InChI is InChI=1S/C21H26N8O3S/c1-12-7-14(31-15-8-23-9-15)3-4-16(12)25-21(30)32-28-5-6-29(13(2)10-28)18-17-19(33-11-24-17)27-20(22)26-18/h3-4,7,11,13,15,23H,5-6,8-10H2,1-2H3,(H,25,30)(H2,22,26,27)/t13-/m0/s1. The Balaban J connectivity index is 1.18. The molecule has 33 heavy (non-hydrogen) atoms. The molecular formula is C21H26N8O3S. The summed E-state index contributed by atoms with van der Waals surface area (Å²) in [7, 11) is 0. The van der Waals surface area contributed by atoms with Gasteiger partial charge >= 0.3 is 6.09 Å². The van der Waals surface area contributed by atoms with Crippen LogP contribution in [-0.4, -0.2) is 71.0 Å². The minimum atomic E-state index is -0.524. The van der Waals surface area contributed by atoms with Gasteiger partial charge in [-0.15, -0.1) is 16.4 Å². The van der Waals surface area contributed by atoms with Crippen molar-refractivity contribution < 1.29 is 14.4 Å². The van der Waals surface area contributed by atoms with Crippen LogP contribution in [0, 0.1) is 6.92 Å². The molecule has 0 aliphatic carbocycles. The second-order valence-corrected chi connectivity index (χ2v) is 9.05. The van der Waals surface area contributed by atoms with Crippen LogP contribution in [0.15, 0.2) is 23.7 Å². The van der Waals surface area contributed by atoms with Gasteiger partial charge in [-0.05, 0) is 37.6 Å². The molecule has 2 aliphatic rings. The van der Waals surface area contributed by atoms with Gasteiger partial charge in [-0.25, -0.2) is 14.8 Å². The number of carbonyl (C=O) groups excluding carboxylic acids is 1. The number of benzene rings is 1. The molecular weight excluding hydrogens is 444 g/mol. The van der Waals surface area contributed by atoms with Crippen molar-refractivity contribution >= 4 is 45.2 Å². The SMILES string of the molecule is Cc1cc(OC2CNC2)ccc1NC(=O)ON1CCN(c2nc(N)nc3scnc23)[C@@H](C)C1. The second kappa shape index (κ2) is 8.96. The summed E-state index contributed by atoms with van der Waals surface area (Å²) in [5.41, 5.74) is 9.96. The molecule has 2 aliphatic heterocycles. The number of anilines is 3. The third kappa shape index (κ3) is 4.63. The summed E-state index contributed by atoms with van der Waals surface area (Å²) in [4.78, 5) is 34.0. The number of carbonyl (C=O) groups is 1. The first-order valence-corrected chi connectivity index (χ1v) is 11.7. The normalized spacial score (nSPS) is 19.3. The van der Waals surface area contributed by atoms with E-state index in [2.05, 4.69) is 30.5 Å². The number of nitrogens with one attached hydrogen (secondary N) is 2. The number of piperazine rings is 1. The third-order valence-electron chi connectivity index (χ3n) is 5.75. The van der Waals surface area contributed by atoms with Crippen LogP contribution < -0.4 is 26.0 Å². The van der Waals surface area contributed by atoms with E-state index < -0.39 is 6.09 Å².